The highest BCUT2D eigenvalue weighted by atomic mass is 16.5. The zero-order valence-corrected chi connectivity index (χ0v) is 15.5. The summed E-state index contributed by atoms with van der Waals surface area (Å²) in [4.78, 5) is 4.66. The molecule has 3 N–H and O–H groups in total. The Morgan fingerprint density at radius 1 is 1.44 bits per heavy atom. The lowest BCUT2D eigenvalue weighted by Gasteiger charge is -2.54. The van der Waals surface area contributed by atoms with Crippen molar-refractivity contribution in [1.29, 1.82) is 0 Å². The van der Waals surface area contributed by atoms with Crippen LogP contribution in [0.15, 0.2) is 23.2 Å². The Morgan fingerprint density at radius 2 is 2.24 bits per heavy atom. The molecular weight excluding hydrogens is 318 g/mol. The Morgan fingerprint density at radius 3 is 2.96 bits per heavy atom. The van der Waals surface area contributed by atoms with E-state index in [2.05, 4.69) is 29.5 Å². The molecule has 138 valence electrons. The second-order valence-corrected chi connectivity index (χ2v) is 7.38. The smallest absolute Gasteiger partial charge is 0.191 e. The molecule has 0 amide bonds. The highest BCUT2D eigenvalue weighted by Gasteiger charge is 2.59. The topological polar surface area (TPSA) is 75.1 Å². The van der Waals surface area contributed by atoms with Gasteiger partial charge in [-0.25, -0.2) is 4.99 Å². The van der Waals surface area contributed by atoms with Gasteiger partial charge in [-0.3, -0.25) is 0 Å². The Balaban J connectivity index is 1.72. The van der Waals surface area contributed by atoms with Crippen LogP contribution in [-0.4, -0.2) is 43.5 Å². The van der Waals surface area contributed by atoms with Crippen molar-refractivity contribution in [3.8, 4) is 11.5 Å². The molecule has 1 aromatic rings. The lowest BCUT2D eigenvalue weighted by molar-refractivity contribution is -0.106. The normalized spacial score (nSPS) is 27.4. The number of guanidine groups is 1. The molecule has 6 nitrogen and oxygen atoms in total. The van der Waals surface area contributed by atoms with Gasteiger partial charge >= 0.3 is 0 Å². The molecule has 25 heavy (non-hydrogen) atoms. The van der Waals surface area contributed by atoms with Crippen LogP contribution in [0.3, 0.4) is 0 Å². The number of fused-ring (bicyclic) bond motifs is 1. The van der Waals surface area contributed by atoms with E-state index < -0.39 is 0 Å². The quantitative estimate of drug-likeness (QED) is 0.563. The molecule has 0 bridgehead atoms. The van der Waals surface area contributed by atoms with E-state index in [1.165, 1.54) is 0 Å². The third-order valence-corrected chi connectivity index (χ3v) is 5.43. The van der Waals surface area contributed by atoms with Gasteiger partial charge in [0, 0.05) is 36.1 Å². The predicted octanol–water partition coefficient (Wildman–Crippen LogP) is 2.27. The molecule has 0 radical (unpaired) electrons. The van der Waals surface area contributed by atoms with E-state index in [0.717, 1.165) is 31.1 Å². The molecule has 1 heterocycles. The van der Waals surface area contributed by atoms with Gasteiger partial charge in [-0.1, -0.05) is 13.8 Å². The van der Waals surface area contributed by atoms with Crippen molar-refractivity contribution in [1.82, 2.24) is 10.6 Å². The van der Waals surface area contributed by atoms with Crippen LogP contribution in [-0.2, 0) is 11.3 Å². The molecule has 1 aliphatic heterocycles. The summed E-state index contributed by atoms with van der Waals surface area (Å²) >= 11 is 0. The zero-order valence-electron chi connectivity index (χ0n) is 15.5. The fourth-order valence-corrected chi connectivity index (χ4v) is 4.06. The van der Waals surface area contributed by atoms with Crippen LogP contribution < -0.4 is 15.4 Å². The second-order valence-electron chi connectivity index (χ2n) is 7.38. The Hall–Kier alpha value is -1.95. The summed E-state index contributed by atoms with van der Waals surface area (Å²) in [5.74, 6) is 2.26. The van der Waals surface area contributed by atoms with Crippen molar-refractivity contribution >= 4 is 5.96 Å². The number of nitrogens with one attached hydrogen (secondary N) is 2. The monoisotopic (exact) mass is 347 g/mol. The number of hydrogen-bond acceptors (Lipinski definition) is 4. The summed E-state index contributed by atoms with van der Waals surface area (Å²) < 4.78 is 11.1. The number of ether oxygens (including phenoxy) is 2. The number of aliphatic imine (C=N–C) groups is 1. The first-order chi connectivity index (χ1) is 12.0. The Bertz CT molecular complexity index is 645. The van der Waals surface area contributed by atoms with Crippen LogP contribution in [0.4, 0.5) is 0 Å². The second kappa shape index (κ2) is 7.12. The molecule has 3 atom stereocenters. The lowest BCUT2D eigenvalue weighted by Crippen LogP contribution is -2.67. The summed E-state index contributed by atoms with van der Waals surface area (Å²) in [6.45, 7) is 8.56. The van der Waals surface area contributed by atoms with Crippen LogP contribution in [0, 0.1) is 11.3 Å². The summed E-state index contributed by atoms with van der Waals surface area (Å²) in [5.41, 5.74) is 0.835. The molecule has 3 rings (SSSR count). The molecule has 3 unspecified atom stereocenters. The first-order valence-electron chi connectivity index (χ1n) is 8.99. The molecule has 2 aliphatic rings. The molecular formula is C19H29N3O3. The molecule has 0 aromatic heterocycles. The van der Waals surface area contributed by atoms with E-state index in [4.69, 9.17) is 9.47 Å². The van der Waals surface area contributed by atoms with Gasteiger partial charge in [-0.05, 0) is 31.5 Å². The molecule has 0 spiro atoms. The average Bonchev–Trinajstić information content (AvgIpc) is 3.05. The Kier molecular flexibility index (Phi) is 5.08. The van der Waals surface area contributed by atoms with Crippen molar-refractivity contribution in [2.24, 2.45) is 16.3 Å². The maximum absolute atomic E-state index is 10.0. The number of rotatable bonds is 5. The van der Waals surface area contributed by atoms with E-state index in [0.29, 0.717) is 30.4 Å². The van der Waals surface area contributed by atoms with Crippen LogP contribution in [0.25, 0.3) is 0 Å². The van der Waals surface area contributed by atoms with E-state index >= 15 is 0 Å². The predicted molar refractivity (Wildman–Crippen MR) is 98.0 cm³/mol. The van der Waals surface area contributed by atoms with Crippen molar-refractivity contribution in [3.05, 3.63) is 23.8 Å². The van der Waals surface area contributed by atoms with Gasteiger partial charge in [0.05, 0.1) is 19.8 Å². The molecule has 1 saturated carbocycles. The van der Waals surface area contributed by atoms with Gasteiger partial charge in [0.25, 0.3) is 0 Å². The summed E-state index contributed by atoms with van der Waals surface area (Å²) in [6.07, 6.45) is 1.44. The molecule has 2 fully saturated rings. The third kappa shape index (κ3) is 3.40. The van der Waals surface area contributed by atoms with Gasteiger partial charge < -0.3 is 25.2 Å². The van der Waals surface area contributed by atoms with Crippen molar-refractivity contribution < 1.29 is 14.6 Å². The van der Waals surface area contributed by atoms with Gasteiger partial charge in [0.1, 0.15) is 11.5 Å². The van der Waals surface area contributed by atoms with E-state index in [9.17, 15) is 5.11 Å². The first kappa shape index (κ1) is 17.9. The lowest BCUT2D eigenvalue weighted by atomic mass is 9.57. The molecule has 6 heteroatoms. The minimum atomic E-state index is 0.0927. The minimum absolute atomic E-state index is 0.0927. The highest BCUT2D eigenvalue weighted by molar-refractivity contribution is 5.80. The van der Waals surface area contributed by atoms with Gasteiger partial charge in [0.2, 0.25) is 0 Å². The number of hydrogen-bond donors (Lipinski definition) is 3. The van der Waals surface area contributed by atoms with E-state index in [1.807, 2.05) is 13.0 Å². The van der Waals surface area contributed by atoms with Crippen molar-refractivity contribution in [2.45, 2.75) is 45.9 Å². The average molecular weight is 347 g/mol. The summed E-state index contributed by atoms with van der Waals surface area (Å²) in [7, 11) is 1.61. The summed E-state index contributed by atoms with van der Waals surface area (Å²) in [6, 6.07) is 5.54. The SMILES string of the molecule is CCNC(=NCc1cc(OC)ccc1O)NC1C2CCOC2C1(C)C. The Labute approximate surface area is 149 Å². The van der Waals surface area contributed by atoms with E-state index in [1.54, 1.807) is 19.2 Å². The summed E-state index contributed by atoms with van der Waals surface area (Å²) in [5, 5.41) is 16.9. The standard InChI is InChI=1S/C19H29N3O3/c1-5-20-18(21-11-12-10-13(24-4)6-7-15(12)23)22-16-14-8-9-25-17(14)19(16,2)3/h6-7,10,14,16-17,23H,5,8-9,11H2,1-4H3,(H2,20,21,22). The highest BCUT2D eigenvalue weighted by Crippen LogP contribution is 2.52. The van der Waals surface area contributed by atoms with Crippen LogP contribution in [0.1, 0.15) is 32.8 Å². The zero-order chi connectivity index (χ0) is 18.0. The fraction of sp³-hybridized carbons (Fsp3) is 0.632. The number of methoxy groups -OCH3 is 1. The van der Waals surface area contributed by atoms with E-state index in [-0.39, 0.29) is 11.2 Å². The number of phenols is 1. The van der Waals surface area contributed by atoms with Crippen LogP contribution in [0.5, 0.6) is 11.5 Å². The van der Waals surface area contributed by atoms with Crippen LogP contribution in [0.2, 0.25) is 0 Å². The minimum Gasteiger partial charge on any atom is -0.508 e. The molecule has 1 saturated heterocycles. The van der Waals surface area contributed by atoms with Crippen molar-refractivity contribution in [3.63, 3.8) is 0 Å². The fourth-order valence-electron chi connectivity index (χ4n) is 4.06. The third-order valence-electron chi connectivity index (χ3n) is 5.43. The van der Waals surface area contributed by atoms with Gasteiger partial charge in [0.15, 0.2) is 5.96 Å². The number of phenolic OH excluding ortho intramolecular Hbond substituents is 1. The molecule has 1 aliphatic carbocycles. The number of benzene rings is 1. The largest absolute Gasteiger partial charge is 0.508 e. The first-order valence-corrected chi connectivity index (χ1v) is 8.99. The number of nitrogens with zero attached hydrogens (tertiary/aromatic N) is 1. The maximum Gasteiger partial charge on any atom is 0.191 e. The van der Waals surface area contributed by atoms with Gasteiger partial charge in [-0.15, -0.1) is 0 Å². The van der Waals surface area contributed by atoms with Gasteiger partial charge in [-0.2, -0.15) is 0 Å². The van der Waals surface area contributed by atoms with Crippen molar-refractivity contribution in [2.75, 3.05) is 20.3 Å². The molecule has 1 aromatic carbocycles. The van der Waals surface area contributed by atoms with Crippen LogP contribution >= 0.6 is 0 Å². The number of aromatic hydroxyl groups is 1. The maximum atomic E-state index is 10.0.